The Kier molecular flexibility index (Phi) is 10.5. The summed E-state index contributed by atoms with van der Waals surface area (Å²) in [6.45, 7) is 0.371. The number of imide groups is 1. The molecule has 2 heterocycles. The highest BCUT2D eigenvalue weighted by Crippen LogP contribution is 2.22. The van der Waals surface area contributed by atoms with Crippen molar-refractivity contribution in [3.8, 4) is 5.75 Å². The fourth-order valence-electron chi connectivity index (χ4n) is 5.91. The van der Waals surface area contributed by atoms with Crippen LogP contribution in [0.5, 0.6) is 5.75 Å². The van der Waals surface area contributed by atoms with E-state index in [2.05, 4.69) is 15.6 Å². The molecule has 11 heteroatoms. The molecule has 4 amide bonds. The van der Waals surface area contributed by atoms with Gasteiger partial charge in [-0.3, -0.25) is 24.1 Å². The van der Waals surface area contributed by atoms with E-state index in [1.807, 2.05) is 54.6 Å². The first-order chi connectivity index (χ1) is 22.2. The van der Waals surface area contributed by atoms with Crippen LogP contribution in [0, 0.1) is 0 Å². The summed E-state index contributed by atoms with van der Waals surface area (Å²) in [5.74, 6) is -2.51. The van der Waals surface area contributed by atoms with Crippen LogP contribution in [0.2, 0.25) is 0 Å². The fraction of sp³-hybridized carbons (Fsp3) is 0.314. The average Bonchev–Trinajstić information content (AvgIpc) is 3.47. The Hall–Kier alpha value is -5.00. The van der Waals surface area contributed by atoms with Crippen molar-refractivity contribution in [3.05, 3.63) is 102 Å². The summed E-state index contributed by atoms with van der Waals surface area (Å²) in [6, 6.07) is 18.5. The van der Waals surface area contributed by atoms with Gasteiger partial charge in [0.15, 0.2) is 0 Å². The summed E-state index contributed by atoms with van der Waals surface area (Å²) >= 11 is 0. The number of phenols is 1. The molecule has 11 nitrogen and oxygen atoms in total. The molecule has 240 valence electrons. The van der Waals surface area contributed by atoms with Gasteiger partial charge in [0, 0.05) is 29.9 Å². The van der Waals surface area contributed by atoms with Gasteiger partial charge in [-0.15, -0.1) is 0 Å². The lowest BCUT2D eigenvalue weighted by Gasteiger charge is -2.33. The largest absolute Gasteiger partial charge is 0.508 e. The Balaban J connectivity index is 1.52. The van der Waals surface area contributed by atoms with Crippen molar-refractivity contribution in [2.45, 2.75) is 62.7 Å². The number of phenolic OH excluding ortho intramolecular Hbond substituents is 1. The fourth-order valence-corrected chi connectivity index (χ4v) is 5.91. The van der Waals surface area contributed by atoms with Crippen molar-refractivity contribution in [3.63, 3.8) is 0 Å². The minimum atomic E-state index is -1.21. The van der Waals surface area contributed by atoms with Crippen LogP contribution in [0.25, 0.3) is 10.9 Å². The van der Waals surface area contributed by atoms with Crippen molar-refractivity contribution in [2.75, 3.05) is 6.54 Å². The molecule has 1 aliphatic heterocycles. The van der Waals surface area contributed by atoms with E-state index in [4.69, 9.17) is 11.5 Å². The number of carbonyl (C=O) groups excluding carboxylic acids is 4. The second kappa shape index (κ2) is 14.9. The number of carbonyl (C=O) groups is 4. The third kappa shape index (κ3) is 7.61. The molecule has 1 aliphatic rings. The minimum absolute atomic E-state index is 0.0668. The number of aromatic nitrogens is 1. The summed E-state index contributed by atoms with van der Waals surface area (Å²) < 4.78 is 0. The maximum Gasteiger partial charge on any atom is 0.252 e. The maximum absolute atomic E-state index is 14.4. The first kappa shape index (κ1) is 32.4. The number of H-pyrrole nitrogens is 1. The molecule has 0 unspecified atom stereocenters. The highest BCUT2D eigenvalue weighted by molar-refractivity contribution is 6.06. The number of benzene rings is 3. The molecule has 0 spiro atoms. The molecule has 46 heavy (non-hydrogen) atoms. The van der Waals surface area contributed by atoms with Crippen LogP contribution in [-0.2, 0) is 38.4 Å². The topological polar surface area (TPSA) is 184 Å². The predicted molar refractivity (Wildman–Crippen MR) is 174 cm³/mol. The Labute approximate surface area is 267 Å². The Morgan fingerprint density at radius 3 is 2.26 bits per heavy atom. The second-order valence-corrected chi connectivity index (χ2v) is 11.7. The van der Waals surface area contributed by atoms with Crippen LogP contribution in [0.3, 0.4) is 0 Å². The SMILES string of the molecule is NCCCC[C@@H]1C(=O)N[C@@H](Cc2c[nH]c3ccccc23)C(=O)N[C@@H](Cc2ccccc2)C(=O)N1C(=O)[C@@H](N)Cc1ccc(O)cc1. The number of para-hydroxylation sites is 1. The van der Waals surface area contributed by atoms with E-state index >= 15 is 0 Å². The van der Waals surface area contributed by atoms with Gasteiger partial charge in [-0.25, -0.2) is 0 Å². The lowest BCUT2D eigenvalue weighted by Crippen LogP contribution is -2.60. The van der Waals surface area contributed by atoms with Crippen LogP contribution < -0.4 is 22.1 Å². The van der Waals surface area contributed by atoms with Gasteiger partial charge in [0.05, 0.1) is 6.04 Å². The smallest absolute Gasteiger partial charge is 0.252 e. The van der Waals surface area contributed by atoms with Gasteiger partial charge in [-0.05, 0) is 67.1 Å². The van der Waals surface area contributed by atoms with E-state index in [9.17, 15) is 24.3 Å². The molecule has 1 aromatic heterocycles. The number of aromatic hydroxyl groups is 1. The van der Waals surface area contributed by atoms with Gasteiger partial charge in [0.2, 0.25) is 17.7 Å². The van der Waals surface area contributed by atoms with Gasteiger partial charge < -0.3 is 32.2 Å². The second-order valence-electron chi connectivity index (χ2n) is 11.7. The van der Waals surface area contributed by atoms with E-state index in [0.29, 0.717) is 24.9 Å². The van der Waals surface area contributed by atoms with Gasteiger partial charge >= 0.3 is 0 Å². The van der Waals surface area contributed by atoms with Crippen molar-refractivity contribution in [1.29, 1.82) is 0 Å². The third-order valence-electron chi connectivity index (χ3n) is 8.36. The van der Waals surface area contributed by atoms with E-state index in [1.165, 1.54) is 12.1 Å². The van der Waals surface area contributed by atoms with Crippen LogP contribution in [-0.4, -0.2) is 69.3 Å². The van der Waals surface area contributed by atoms with Crippen LogP contribution >= 0.6 is 0 Å². The zero-order valence-electron chi connectivity index (χ0n) is 25.5. The normalized spacial score (nSPS) is 19.6. The third-order valence-corrected chi connectivity index (χ3v) is 8.36. The molecule has 0 radical (unpaired) electrons. The first-order valence-corrected chi connectivity index (χ1v) is 15.5. The van der Waals surface area contributed by atoms with Crippen molar-refractivity contribution >= 4 is 34.5 Å². The average molecular weight is 625 g/mol. The zero-order chi connectivity index (χ0) is 32.6. The Morgan fingerprint density at radius 2 is 1.52 bits per heavy atom. The maximum atomic E-state index is 14.4. The van der Waals surface area contributed by atoms with E-state index in [0.717, 1.165) is 26.9 Å². The number of rotatable bonds is 11. The number of hydrogen-bond donors (Lipinski definition) is 6. The summed E-state index contributed by atoms with van der Waals surface area (Å²) in [5, 5.41) is 16.3. The molecular formula is C35H40N6O5. The number of fused-ring (bicyclic) bond motifs is 1. The number of aromatic amines is 1. The van der Waals surface area contributed by atoms with Crippen LogP contribution in [0.4, 0.5) is 0 Å². The van der Waals surface area contributed by atoms with Gasteiger partial charge in [0.1, 0.15) is 23.9 Å². The predicted octanol–water partition coefficient (Wildman–Crippen LogP) is 2.06. The number of nitrogens with two attached hydrogens (primary N) is 2. The van der Waals surface area contributed by atoms with Crippen molar-refractivity contribution in [1.82, 2.24) is 20.5 Å². The van der Waals surface area contributed by atoms with Gasteiger partial charge in [-0.2, -0.15) is 0 Å². The quantitative estimate of drug-likeness (QED) is 0.138. The zero-order valence-corrected chi connectivity index (χ0v) is 25.5. The van der Waals surface area contributed by atoms with Crippen LogP contribution in [0.1, 0.15) is 36.0 Å². The molecule has 3 aromatic carbocycles. The minimum Gasteiger partial charge on any atom is -0.508 e. The highest BCUT2D eigenvalue weighted by atomic mass is 16.3. The summed E-state index contributed by atoms with van der Waals surface area (Å²) in [6.07, 6.45) is 3.33. The van der Waals surface area contributed by atoms with Gasteiger partial charge in [0.25, 0.3) is 5.91 Å². The van der Waals surface area contributed by atoms with E-state index in [1.54, 1.807) is 18.3 Å². The van der Waals surface area contributed by atoms with Crippen LogP contribution in [0.15, 0.2) is 85.1 Å². The van der Waals surface area contributed by atoms with Gasteiger partial charge in [-0.1, -0.05) is 60.7 Å². The standard InChI is InChI=1S/C35H40N6O5/c36-17-7-6-12-31-33(44)39-29(20-24-21-38-28-11-5-4-10-26(24)28)32(43)40-30(19-22-8-2-1-3-9-22)35(46)41(31)34(45)27(37)18-23-13-15-25(42)16-14-23/h1-5,8-11,13-16,21,27,29-31,38,42H,6-7,12,17-20,36-37H2,(H,39,44)(H,40,43)/t27-,29-,30-,31+/m0/s1. The molecule has 5 rings (SSSR count). The number of nitrogens with zero attached hydrogens (tertiary/aromatic N) is 1. The van der Waals surface area contributed by atoms with E-state index in [-0.39, 0.29) is 31.4 Å². The molecule has 0 aliphatic carbocycles. The van der Waals surface area contributed by atoms with Crippen molar-refractivity contribution in [2.24, 2.45) is 11.5 Å². The number of amides is 4. The lowest BCUT2D eigenvalue weighted by atomic mass is 9.99. The molecular weight excluding hydrogens is 584 g/mol. The molecule has 1 saturated heterocycles. The summed E-state index contributed by atoms with van der Waals surface area (Å²) in [5.41, 5.74) is 15.3. The first-order valence-electron chi connectivity index (χ1n) is 15.5. The molecule has 8 N–H and O–H groups in total. The number of nitrogens with one attached hydrogen (secondary N) is 3. The summed E-state index contributed by atoms with van der Waals surface area (Å²) in [7, 11) is 0. The molecule has 4 aromatic rings. The molecule has 4 atom stereocenters. The number of hydrogen-bond acceptors (Lipinski definition) is 7. The highest BCUT2D eigenvalue weighted by Gasteiger charge is 2.43. The van der Waals surface area contributed by atoms with E-state index < -0.39 is 47.8 Å². The van der Waals surface area contributed by atoms with Crippen molar-refractivity contribution < 1.29 is 24.3 Å². The Bertz CT molecular complexity index is 1670. The number of unbranched alkanes of at least 4 members (excludes halogenated alkanes) is 1. The molecule has 1 fully saturated rings. The molecule has 0 bridgehead atoms. The lowest BCUT2D eigenvalue weighted by molar-refractivity contribution is -0.154. The monoisotopic (exact) mass is 624 g/mol. The molecule has 0 saturated carbocycles. The summed E-state index contributed by atoms with van der Waals surface area (Å²) in [4.78, 5) is 60.6. The Morgan fingerprint density at radius 1 is 0.826 bits per heavy atom.